The van der Waals surface area contributed by atoms with Crippen molar-refractivity contribution in [2.24, 2.45) is 0 Å². The summed E-state index contributed by atoms with van der Waals surface area (Å²) in [4.78, 5) is 30.3. The van der Waals surface area contributed by atoms with Crippen molar-refractivity contribution in [1.29, 1.82) is 0 Å². The standard InChI is InChI=1S/C30H24F3N7O2/c1-18-8-9-22(37-28(41)19-5-3-6-20(15-19)30(31,32)33)16-25(18)39-26-24(7-4-14-34-26)27-35-17-36-29(40-27)38-21-10-12-23(42-2)13-11-21/h3-17H,1-2H3,(H,34,39)(H,37,41)(H,35,36,38,40). The van der Waals surface area contributed by atoms with E-state index in [4.69, 9.17) is 4.74 Å². The van der Waals surface area contributed by atoms with Crippen LogP contribution in [0.15, 0.2) is 91.4 Å². The first-order valence-electron chi connectivity index (χ1n) is 12.6. The number of amides is 1. The number of rotatable bonds is 8. The van der Waals surface area contributed by atoms with Crippen molar-refractivity contribution in [1.82, 2.24) is 19.9 Å². The number of aromatic nitrogens is 4. The molecule has 0 atom stereocenters. The van der Waals surface area contributed by atoms with E-state index >= 15 is 0 Å². The van der Waals surface area contributed by atoms with Gasteiger partial charge < -0.3 is 20.7 Å². The third kappa shape index (κ3) is 6.61. The molecule has 0 aliphatic heterocycles. The monoisotopic (exact) mass is 571 g/mol. The number of carbonyl (C=O) groups excluding carboxylic acids is 1. The Kier molecular flexibility index (Phi) is 7.96. The third-order valence-electron chi connectivity index (χ3n) is 6.17. The molecule has 5 aromatic rings. The summed E-state index contributed by atoms with van der Waals surface area (Å²) in [6.07, 6.45) is -1.55. The van der Waals surface area contributed by atoms with Crippen LogP contribution in [0.25, 0.3) is 11.4 Å². The second kappa shape index (κ2) is 11.9. The van der Waals surface area contributed by atoms with Gasteiger partial charge >= 0.3 is 6.18 Å². The van der Waals surface area contributed by atoms with Crippen LogP contribution in [0.1, 0.15) is 21.5 Å². The minimum absolute atomic E-state index is 0.110. The van der Waals surface area contributed by atoms with Gasteiger partial charge in [-0.1, -0.05) is 12.1 Å². The number of halogens is 3. The van der Waals surface area contributed by atoms with Crippen molar-refractivity contribution in [3.05, 3.63) is 108 Å². The lowest BCUT2D eigenvalue weighted by atomic mass is 10.1. The van der Waals surface area contributed by atoms with Gasteiger partial charge in [0.1, 0.15) is 17.9 Å². The lowest BCUT2D eigenvalue weighted by Crippen LogP contribution is -2.14. The molecule has 0 bridgehead atoms. The largest absolute Gasteiger partial charge is 0.497 e. The Morgan fingerprint density at radius 3 is 2.40 bits per heavy atom. The SMILES string of the molecule is COc1ccc(Nc2ncnc(-c3cccnc3Nc3cc(NC(=O)c4cccc(C(F)(F)F)c4)ccc3C)n2)cc1. The van der Waals surface area contributed by atoms with Gasteiger partial charge in [-0.15, -0.1) is 0 Å². The quantitative estimate of drug-likeness (QED) is 0.182. The van der Waals surface area contributed by atoms with Crippen LogP contribution in [0, 0.1) is 6.92 Å². The summed E-state index contributed by atoms with van der Waals surface area (Å²) >= 11 is 0. The molecule has 5 rings (SSSR count). The maximum atomic E-state index is 13.1. The maximum Gasteiger partial charge on any atom is 0.416 e. The predicted octanol–water partition coefficient (Wildman–Crippen LogP) is 7.01. The van der Waals surface area contributed by atoms with E-state index in [9.17, 15) is 18.0 Å². The Labute approximate surface area is 238 Å². The van der Waals surface area contributed by atoms with E-state index in [1.54, 1.807) is 43.6 Å². The fourth-order valence-corrected chi connectivity index (χ4v) is 3.98. The van der Waals surface area contributed by atoms with Crippen molar-refractivity contribution in [3.8, 4) is 17.1 Å². The van der Waals surface area contributed by atoms with E-state index in [-0.39, 0.29) is 5.56 Å². The minimum Gasteiger partial charge on any atom is -0.497 e. The van der Waals surface area contributed by atoms with Crippen molar-refractivity contribution in [3.63, 3.8) is 0 Å². The number of aryl methyl sites for hydroxylation is 1. The van der Waals surface area contributed by atoms with Gasteiger partial charge in [-0.05, 0) is 79.2 Å². The van der Waals surface area contributed by atoms with E-state index in [0.717, 1.165) is 29.1 Å². The summed E-state index contributed by atoms with van der Waals surface area (Å²) in [6.45, 7) is 1.86. The molecule has 0 aliphatic rings. The predicted molar refractivity (Wildman–Crippen MR) is 153 cm³/mol. The summed E-state index contributed by atoms with van der Waals surface area (Å²) in [5.74, 6) is 1.19. The van der Waals surface area contributed by atoms with Gasteiger partial charge in [0.25, 0.3) is 5.91 Å². The fourth-order valence-electron chi connectivity index (χ4n) is 3.98. The molecule has 2 heterocycles. The fraction of sp³-hybridized carbons (Fsp3) is 0.100. The van der Waals surface area contributed by atoms with Crippen LogP contribution in [0.2, 0.25) is 0 Å². The average molecular weight is 572 g/mol. The Morgan fingerprint density at radius 1 is 0.857 bits per heavy atom. The molecule has 42 heavy (non-hydrogen) atoms. The number of methoxy groups -OCH3 is 1. The molecule has 1 amide bonds. The van der Waals surface area contributed by atoms with Crippen LogP contribution < -0.4 is 20.7 Å². The van der Waals surface area contributed by atoms with Gasteiger partial charge in [0.05, 0.1) is 18.2 Å². The first-order valence-corrected chi connectivity index (χ1v) is 12.6. The molecule has 12 heteroatoms. The number of nitrogens with zero attached hydrogens (tertiary/aromatic N) is 4. The Hall–Kier alpha value is -5.52. The Morgan fingerprint density at radius 2 is 1.64 bits per heavy atom. The first-order chi connectivity index (χ1) is 20.2. The molecule has 9 nitrogen and oxygen atoms in total. The van der Waals surface area contributed by atoms with E-state index in [0.29, 0.717) is 34.5 Å². The highest BCUT2D eigenvalue weighted by atomic mass is 19.4. The second-order valence-corrected chi connectivity index (χ2v) is 9.07. The van der Waals surface area contributed by atoms with Gasteiger partial charge in [-0.2, -0.15) is 18.2 Å². The average Bonchev–Trinajstić information content (AvgIpc) is 2.99. The molecule has 0 saturated heterocycles. The van der Waals surface area contributed by atoms with Crippen molar-refractivity contribution >= 4 is 34.7 Å². The molecule has 3 N–H and O–H groups in total. The highest BCUT2D eigenvalue weighted by molar-refractivity contribution is 6.04. The first kappa shape index (κ1) is 28.0. The normalized spacial score (nSPS) is 11.1. The number of carbonyl (C=O) groups is 1. The second-order valence-electron chi connectivity index (χ2n) is 9.07. The lowest BCUT2D eigenvalue weighted by Gasteiger charge is -2.15. The maximum absolute atomic E-state index is 13.1. The zero-order valence-corrected chi connectivity index (χ0v) is 22.4. The highest BCUT2D eigenvalue weighted by Crippen LogP contribution is 2.31. The smallest absolute Gasteiger partial charge is 0.416 e. The molecule has 0 saturated carbocycles. The molecule has 0 radical (unpaired) electrons. The van der Waals surface area contributed by atoms with E-state index < -0.39 is 17.6 Å². The van der Waals surface area contributed by atoms with Gasteiger partial charge in [0.15, 0.2) is 5.82 Å². The number of hydrogen-bond donors (Lipinski definition) is 3. The number of anilines is 5. The number of ether oxygens (including phenoxy) is 1. The lowest BCUT2D eigenvalue weighted by molar-refractivity contribution is -0.137. The molecule has 212 valence electrons. The van der Waals surface area contributed by atoms with Crippen molar-refractivity contribution in [2.45, 2.75) is 13.1 Å². The summed E-state index contributed by atoms with van der Waals surface area (Å²) in [5, 5.41) is 9.05. The molecular formula is C30H24F3N7O2. The third-order valence-corrected chi connectivity index (χ3v) is 6.17. The summed E-state index contributed by atoms with van der Waals surface area (Å²) in [6, 6.07) is 20.2. The molecule has 0 fully saturated rings. The van der Waals surface area contributed by atoms with E-state index in [1.807, 2.05) is 31.2 Å². The highest BCUT2D eigenvalue weighted by Gasteiger charge is 2.31. The number of pyridine rings is 1. The van der Waals surface area contributed by atoms with Crippen LogP contribution in [-0.2, 0) is 6.18 Å². The van der Waals surface area contributed by atoms with Crippen molar-refractivity contribution < 1.29 is 22.7 Å². The number of alkyl halides is 3. The van der Waals surface area contributed by atoms with Gasteiger partial charge in [-0.25, -0.2) is 15.0 Å². The zero-order valence-electron chi connectivity index (χ0n) is 22.4. The summed E-state index contributed by atoms with van der Waals surface area (Å²) in [7, 11) is 1.59. The topological polar surface area (TPSA) is 114 Å². The number of hydrogen-bond acceptors (Lipinski definition) is 8. The molecule has 3 aromatic carbocycles. The van der Waals surface area contributed by atoms with Crippen LogP contribution in [-0.4, -0.2) is 33.0 Å². The Balaban J connectivity index is 1.36. The van der Waals surface area contributed by atoms with Crippen LogP contribution in [0.4, 0.5) is 42.0 Å². The molecular weight excluding hydrogens is 547 g/mol. The summed E-state index contributed by atoms with van der Waals surface area (Å²) < 4.78 is 44.5. The molecule has 0 unspecified atom stereocenters. The van der Waals surface area contributed by atoms with Crippen LogP contribution in [0.5, 0.6) is 5.75 Å². The summed E-state index contributed by atoms with van der Waals surface area (Å²) in [5.41, 5.74) is 2.18. The molecule has 0 spiro atoms. The molecule has 2 aromatic heterocycles. The Bertz CT molecular complexity index is 1730. The minimum atomic E-state index is -4.55. The van der Waals surface area contributed by atoms with Gasteiger partial charge in [0, 0.05) is 28.8 Å². The number of benzene rings is 3. The van der Waals surface area contributed by atoms with Gasteiger partial charge in [-0.3, -0.25) is 4.79 Å². The van der Waals surface area contributed by atoms with Crippen molar-refractivity contribution in [2.75, 3.05) is 23.1 Å². The molecule has 0 aliphatic carbocycles. The van der Waals surface area contributed by atoms with Gasteiger partial charge in [0.2, 0.25) is 5.95 Å². The van der Waals surface area contributed by atoms with Crippen LogP contribution >= 0.6 is 0 Å². The van der Waals surface area contributed by atoms with E-state index in [1.165, 1.54) is 18.5 Å². The zero-order chi connectivity index (χ0) is 29.7. The van der Waals surface area contributed by atoms with E-state index in [2.05, 4.69) is 35.9 Å². The number of nitrogens with one attached hydrogen (secondary N) is 3. The van der Waals surface area contributed by atoms with Crippen LogP contribution in [0.3, 0.4) is 0 Å².